The molecule has 1 atom stereocenters. The zero-order valence-electron chi connectivity index (χ0n) is 15.6. The number of ether oxygens (including phenoxy) is 1. The fourth-order valence-corrected chi connectivity index (χ4v) is 4.30. The van der Waals surface area contributed by atoms with Crippen LogP contribution >= 0.6 is 0 Å². The van der Waals surface area contributed by atoms with Crippen molar-refractivity contribution in [3.8, 4) is 0 Å². The van der Waals surface area contributed by atoms with E-state index in [4.69, 9.17) is 4.74 Å². The smallest absolute Gasteiger partial charge is 0.339 e. The van der Waals surface area contributed by atoms with Gasteiger partial charge in [-0.1, -0.05) is 30.3 Å². The second-order valence-corrected chi connectivity index (χ2v) is 8.61. The van der Waals surface area contributed by atoms with Crippen molar-refractivity contribution in [2.75, 3.05) is 0 Å². The van der Waals surface area contributed by atoms with Crippen LogP contribution in [0, 0.1) is 0 Å². The number of sulfonamides is 1. The number of benzene rings is 2. The molecule has 148 valence electrons. The minimum atomic E-state index is -3.61. The van der Waals surface area contributed by atoms with Crippen LogP contribution in [0.5, 0.6) is 0 Å². The topological polar surface area (TPSA) is 102 Å². The minimum Gasteiger partial charge on any atom is -0.448 e. The number of rotatable bonds is 6. The number of fused-ring (bicyclic) bond motifs is 1. The molecule has 1 aliphatic rings. The third kappa shape index (κ3) is 4.58. The molecule has 0 spiro atoms. The Morgan fingerprint density at radius 1 is 1.18 bits per heavy atom. The monoisotopic (exact) mass is 402 g/mol. The van der Waals surface area contributed by atoms with Gasteiger partial charge in [0.05, 0.1) is 10.5 Å². The Morgan fingerprint density at radius 2 is 1.93 bits per heavy atom. The summed E-state index contributed by atoms with van der Waals surface area (Å²) in [5, 5.41) is 2.71. The molecule has 2 N–H and O–H groups in total. The van der Waals surface area contributed by atoms with Gasteiger partial charge in [0, 0.05) is 19.0 Å². The van der Waals surface area contributed by atoms with Gasteiger partial charge in [-0.3, -0.25) is 4.79 Å². The first-order valence-corrected chi connectivity index (χ1v) is 10.4. The molecule has 0 bridgehead atoms. The van der Waals surface area contributed by atoms with Gasteiger partial charge in [0.25, 0.3) is 5.91 Å². The predicted octanol–water partition coefficient (Wildman–Crippen LogP) is 1.77. The van der Waals surface area contributed by atoms with Gasteiger partial charge >= 0.3 is 5.97 Å². The van der Waals surface area contributed by atoms with E-state index in [1.54, 1.807) is 44.2 Å². The van der Waals surface area contributed by atoms with Gasteiger partial charge in [0.15, 0.2) is 6.10 Å². The van der Waals surface area contributed by atoms with Crippen LogP contribution in [0.25, 0.3) is 0 Å². The number of esters is 1. The molecule has 28 heavy (non-hydrogen) atoms. The van der Waals surface area contributed by atoms with Crippen molar-refractivity contribution < 1.29 is 22.7 Å². The quantitative estimate of drug-likeness (QED) is 0.717. The van der Waals surface area contributed by atoms with Gasteiger partial charge in [-0.2, -0.15) is 0 Å². The van der Waals surface area contributed by atoms with Crippen molar-refractivity contribution in [2.24, 2.45) is 0 Å². The molecule has 1 unspecified atom stereocenters. The average molecular weight is 402 g/mol. The Hall–Kier alpha value is -2.71. The zero-order chi connectivity index (χ0) is 20.3. The number of cyclic esters (lactones) is 1. The molecular weight excluding hydrogens is 380 g/mol. The summed E-state index contributed by atoms with van der Waals surface area (Å²) < 4.78 is 32.3. The number of nitrogens with one attached hydrogen (secondary N) is 2. The normalized spacial score (nSPS) is 16.4. The van der Waals surface area contributed by atoms with Gasteiger partial charge in [-0.05, 0) is 43.2 Å². The van der Waals surface area contributed by atoms with Crippen molar-refractivity contribution in [1.29, 1.82) is 0 Å². The van der Waals surface area contributed by atoms with Gasteiger partial charge < -0.3 is 10.1 Å². The number of carbonyl (C=O) groups is 2. The van der Waals surface area contributed by atoms with E-state index in [1.807, 2.05) is 6.07 Å². The third-order valence-corrected chi connectivity index (χ3v) is 5.91. The summed E-state index contributed by atoms with van der Waals surface area (Å²) in [5.74, 6) is -0.939. The van der Waals surface area contributed by atoms with E-state index >= 15 is 0 Å². The first-order chi connectivity index (χ1) is 13.3. The van der Waals surface area contributed by atoms with Crippen LogP contribution in [0.4, 0.5) is 0 Å². The SMILES string of the molecule is CC(C)NS(=O)(=O)c1cccc(CNC(=O)C2Cc3ccccc3C(=O)O2)c1. The molecule has 2 aromatic rings. The Kier molecular flexibility index (Phi) is 5.81. The lowest BCUT2D eigenvalue weighted by Gasteiger charge is -2.23. The summed E-state index contributed by atoms with van der Waals surface area (Å²) in [7, 11) is -3.61. The number of hydrogen-bond donors (Lipinski definition) is 2. The summed E-state index contributed by atoms with van der Waals surface area (Å²) in [6.45, 7) is 3.61. The highest BCUT2D eigenvalue weighted by Crippen LogP contribution is 2.20. The van der Waals surface area contributed by atoms with E-state index in [1.165, 1.54) is 12.1 Å². The minimum absolute atomic E-state index is 0.125. The third-order valence-electron chi connectivity index (χ3n) is 4.25. The fraction of sp³-hybridized carbons (Fsp3) is 0.300. The summed E-state index contributed by atoms with van der Waals surface area (Å²) in [6, 6.07) is 13.1. The lowest BCUT2D eigenvalue weighted by Crippen LogP contribution is -2.41. The Balaban J connectivity index is 1.66. The second kappa shape index (κ2) is 8.12. The molecule has 0 fully saturated rings. The lowest BCUT2D eigenvalue weighted by atomic mass is 9.98. The van der Waals surface area contributed by atoms with Crippen LogP contribution in [0.2, 0.25) is 0 Å². The lowest BCUT2D eigenvalue weighted by molar-refractivity contribution is -0.130. The van der Waals surface area contributed by atoms with E-state index in [9.17, 15) is 18.0 Å². The van der Waals surface area contributed by atoms with Crippen LogP contribution in [-0.4, -0.2) is 32.4 Å². The van der Waals surface area contributed by atoms with Crippen molar-refractivity contribution in [2.45, 2.75) is 43.9 Å². The summed E-state index contributed by atoms with van der Waals surface area (Å²) in [4.78, 5) is 24.6. The van der Waals surface area contributed by atoms with E-state index in [0.29, 0.717) is 17.5 Å². The van der Waals surface area contributed by atoms with E-state index in [2.05, 4.69) is 10.0 Å². The van der Waals surface area contributed by atoms with Crippen LogP contribution < -0.4 is 10.0 Å². The van der Waals surface area contributed by atoms with Gasteiger partial charge in [-0.25, -0.2) is 17.9 Å². The van der Waals surface area contributed by atoms with Crippen molar-refractivity contribution in [3.63, 3.8) is 0 Å². The Morgan fingerprint density at radius 3 is 2.68 bits per heavy atom. The van der Waals surface area contributed by atoms with Crippen LogP contribution in [-0.2, 0) is 32.5 Å². The predicted molar refractivity (Wildman–Crippen MR) is 103 cm³/mol. The highest BCUT2D eigenvalue weighted by atomic mass is 32.2. The summed E-state index contributed by atoms with van der Waals surface area (Å²) in [6.07, 6.45) is -0.600. The van der Waals surface area contributed by atoms with E-state index in [-0.39, 0.29) is 17.5 Å². The molecule has 2 aromatic carbocycles. The average Bonchev–Trinajstić information content (AvgIpc) is 2.65. The fourth-order valence-electron chi connectivity index (χ4n) is 2.98. The van der Waals surface area contributed by atoms with Crippen molar-refractivity contribution in [3.05, 3.63) is 65.2 Å². The second-order valence-electron chi connectivity index (χ2n) is 6.90. The maximum Gasteiger partial charge on any atom is 0.339 e. The highest BCUT2D eigenvalue weighted by Gasteiger charge is 2.30. The number of carbonyl (C=O) groups excluding carboxylic acids is 2. The molecule has 1 amide bonds. The Bertz CT molecular complexity index is 1000. The number of hydrogen-bond acceptors (Lipinski definition) is 5. The molecule has 0 saturated carbocycles. The number of amides is 1. The highest BCUT2D eigenvalue weighted by molar-refractivity contribution is 7.89. The van der Waals surface area contributed by atoms with Crippen LogP contribution in [0.15, 0.2) is 53.4 Å². The maximum atomic E-state index is 12.4. The first-order valence-electron chi connectivity index (χ1n) is 8.94. The molecule has 3 rings (SSSR count). The molecule has 8 heteroatoms. The molecule has 1 heterocycles. The maximum absolute atomic E-state index is 12.4. The van der Waals surface area contributed by atoms with Crippen LogP contribution in [0.1, 0.15) is 35.3 Å². The van der Waals surface area contributed by atoms with Gasteiger partial charge in [0.2, 0.25) is 10.0 Å². The molecule has 0 aliphatic carbocycles. The largest absolute Gasteiger partial charge is 0.448 e. The van der Waals surface area contributed by atoms with Crippen LogP contribution in [0.3, 0.4) is 0 Å². The molecular formula is C20H22N2O5S. The van der Waals surface area contributed by atoms with E-state index < -0.39 is 28.0 Å². The Labute approximate surface area is 164 Å². The standard InChI is InChI=1S/C20H22N2O5S/c1-13(2)22-28(25,26)16-8-5-6-14(10-16)12-21-19(23)18-11-15-7-3-4-9-17(15)20(24)27-18/h3-10,13,18,22H,11-12H2,1-2H3,(H,21,23). The van der Waals surface area contributed by atoms with Crippen molar-refractivity contribution in [1.82, 2.24) is 10.0 Å². The molecule has 1 aliphatic heterocycles. The van der Waals surface area contributed by atoms with Crippen molar-refractivity contribution >= 4 is 21.9 Å². The first kappa shape index (κ1) is 20.0. The molecule has 0 saturated heterocycles. The summed E-state index contributed by atoms with van der Waals surface area (Å²) >= 11 is 0. The van der Waals surface area contributed by atoms with E-state index in [0.717, 1.165) is 5.56 Å². The molecule has 7 nitrogen and oxygen atoms in total. The summed E-state index contributed by atoms with van der Waals surface area (Å²) in [5.41, 5.74) is 1.87. The molecule has 0 radical (unpaired) electrons. The van der Waals surface area contributed by atoms with Gasteiger partial charge in [0.1, 0.15) is 0 Å². The zero-order valence-corrected chi connectivity index (χ0v) is 16.5. The van der Waals surface area contributed by atoms with Gasteiger partial charge in [-0.15, -0.1) is 0 Å². The molecule has 0 aromatic heterocycles.